The minimum absolute atomic E-state index is 0.00592. The third-order valence-electron chi connectivity index (χ3n) is 3.24. The first-order valence-corrected chi connectivity index (χ1v) is 7.77. The van der Waals surface area contributed by atoms with Crippen molar-refractivity contribution in [3.05, 3.63) is 87.0 Å². The van der Waals surface area contributed by atoms with Crippen LogP contribution in [0.15, 0.2) is 69.9 Å². The van der Waals surface area contributed by atoms with Crippen LogP contribution in [0.25, 0.3) is 5.69 Å². The van der Waals surface area contributed by atoms with Crippen LogP contribution in [0.4, 0.5) is 10.1 Å². The second-order valence-electron chi connectivity index (χ2n) is 4.85. The maximum absolute atomic E-state index is 13.9. The highest BCUT2D eigenvalue weighted by molar-refractivity contribution is 9.10. The number of para-hydroxylation sites is 2. The average Bonchev–Trinajstić information content (AvgIpc) is 2.58. The molecule has 1 N–H and O–H groups in total. The van der Waals surface area contributed by atoms with Gasteiger partial charge in [-0.25, -0.2) is 4.39 Å². The van der Waals surface area contributed by atoms with Gasteiger partial charge in [0.2, 0.25) is 0 Å². The highest BCUT2D eigenvalue weighted by Gasteiger charge is 2.13. The van der Waals surface area contributed by atoms with Gasteiger partial charge in [0.25, 0.3) is 11.5 Å². The summed E-state index contributed by atoms with van der Waals surface area (Å²) >= 11 is 3.33. The monoisotopic (exact) mass is 387 g/mol. The van der Waals surface area contributed by atoms with Crippen molar-refractivity contribution in [2.24, 2.45) is 0 Å². The Hall–Kier alpha value is -2.80. The van der Waals surface area contributed by atoms with Crippen LogP contribution in [0, 0.1) is 5.82 Å². The van der Waals surface area contributed by atoms with Crippen LogP contribution in [-0.2, 0) is 0 Å². The van der Waals surface area contributed by atoms with E-state index in [1.54, 1.807) is 24.3 Å². The summed E-state index contributed by atoms with van der Waals surface area (Å²) in [5.41, 5.74) is 0.0112. The molecule has 1 heterocycles. The number of aromatic nitrogens is 2. The first-order chi connectivity index (χ1) is 11.6. The number of rotatable bonds is 3. The Morgan fingerprint density at radius 2 is 1.75 bits per heavy atom. The van der Waals surface area contributed by atoms with Gasteiger partial charge in [0.1, 0.15) is 17.2 Å². The van der Waals surface area contributed by atoms with Crippen LogP contribution >= 0.6 is 15.9 Å². The number of nitrogens with zero attached hydrogens (tertiary/aromatic N) is 2. The normalized spacial score (nSPS) is 10.4. The molecule has 2 aromatic carbocycles. The maximum atomic E-state index is 13.9. The molecule has 1 amide bonds. The number of carbonyl (C=O) groups excluding carboxylic acids is 1. The van der Waals surface area contributed by atoms with E-state index in [0.717, 1.165) is 4.68 Å². The largest absolute Gasteiger partial charge is 0.320 e. The lowest BCUT2D eigenvalue weighted by molar-refractivity contribution is 0.102. The topological polar surface area (TPSA) is 64.0 Å². The third-order valence-corrected chi connectivity index (χ3v) is 3.93. The van der Waals surface area contributed by atoms with Crippen molar-refractivity contribution in [2.45, 2.75) is 0 Å². The van der Waals surface area contributed by atoms with Crippen molar-refractivity contribution in [3.63, 3.8) is 0 Å². The minimum Gasteiger partial charge on any atom is -0.320 e. The highest BCUT2D eigenvalue weighted by atomic mass is 79.9. The molecule has 1 aromatic heterocycles. The first-order valence-electron chi connectivity index (χ1n) is 6.97. The van der Waals surface area contributed by atoms with E-state index < -0.39 is 17.3 Å². The maximum Gasteiger partial charge on any atom is 0.276 e. The van der Waals surface area contributed by atoms with Crippen LogP contribution in [0.1, 0.15) is 10.5 Å². The average molecular weight is 388 g/mol. The van der Waals surface area contributed by atoms with Crippen LogP contribution in [-0.4, -0.2) is 15.7 Å². The molecule has 0 aliphatic heterocycles. The van der Waals surface area contributed by atoms with Gasteiger partial charge in [-0.2, -0.15) is 9.78 Å². The van der Waals surface area contributed by atoms with Crippen LogP contribution in [0.2, 0.25) is 0 Å². The van der Waals surface area contributed by atoms with E-state index in [-0.39, 0.29) is 11.4 Å². The van der Waals surface area contributed by atoms with Crippen molar-refractivity contribution >= 4 is 27.5 Å². The molecule has 0 bridgehead atoms. The van der Waals surface area contributed by atoms with Crippen molar-refractivity contribution in [3.8, 4) is 5.69 Å². The van der Waals surface area contributed by atoms with E-state index in [2.05, 4.69) is 26.3 Å². The Morgan fingerprint density at radius 3 is 2.50 bits per heavy atom. The molecule has 0 aliphatic rings. The van der Waals surface area contributed by atoms with E-state index >= 15 is 0 Å². The molecule has 3 aromatic rings. The Labute approximate surface area is 144 Å². The fourth-order valence-electron chi connectivity index (χ4n) is 2.08. The number of benzene rings is 2. The van der Waals surface area contributed by atoms with Crippen LogP contribution in [0.5, 0.6) is 0 Å². The van der Waals surface area contributed by atoms with E-state index in [0.29, 0.717) is 10.2 Å². The van der Waals surface area contributed by atoms with E-state index in [1.165, 1.54) is 30.3 Å². The molecule has 3 rings (SSSR count). The molecule has 7 heteroatoms. The molecule has 0 fully saturated rings. The fraction of sp³-hybridized carbons (Fsp3) is 0. The minimum atomic E-state index is -0.601. The first kappa shape index (κ1) is 16.1. The molecular formula is C17H11BrFN3O2. The molecular weight excluding hydrogens is 377 g/mol. The quantitative estimate of drug-likeness (QED) is 0.748. The summed E-state index contributed by atoms with van der Waals surface area (Å²) in [7, 11) is 0. The number of nitrogens with one attached hydrogen (secondary N) is 1. The molecule has 0 aliphatic carbocycles. The van der Waals surface area contributed by atoms with E-state index in [4.69, 9.17) is 0 Å². The number of carbonyl (C=O) groups is 1. The molecule has 24 heavy (non-hydrogen) atoms. The van der Waals surface area contributed by atoms with Crippen LogP contribution < -0.4 is 10.9 Å². The van der Waals surface area contributed by atoms with Gasteiger partial charge in [0.05, 0.1) is 5.69 Å². The van der Waals surface area contributed by atoms with Crippen LogP contribution in [0.3, 0.4) is 0 Å². The van der Waals surface area contributed by atoms with Crippen molar-refractivity contribution in [2.75, 3.05) is 5.32 Å². The Bertz CT molecular complexity index is 972. The molecule has 0 unspecified atom stereocenters. The Morgan fingerprint density at radius 1 is 1.04 bits per heavy atom. The van der Waals surface area contributed by atoms with Gasteiger partial charge in [-0.1, -0.05) is 24.3 Å². The molecule has 0 saturated carbocycles. The predicted octanol–water partition coefficient (Wildman–Crippen LogP) is 3.39. The zero-order valence-corrected chi connectivity index (χ0v) is 13.8. The molecule has 0 spiro atoms. The van der Waals surface area contributed by atoms with E-state index in [1.807, 2.05) is 6.07 Å². The second-order valence-corrected chi connectivity index (χ2v) is 5.71. The summed E-state index contributed by atoms with van der Waals surface area (Å²) in [6.45, 7) is 0. The molecule has 0 atom stereocenters. The SMILES string of the molecule is O=C(Nc1ccccc1Br)c1ccc(=O)n(-c2ccccc2F)n1. The van der Waals surface area contributed by atoms with Gasteiger partial charge >= 0.3 is 0 Å². The summed E-state index contributed by atoms with van der Waals surface area (Å²) in [4.78, 5) is 24.3. The Kier molecular flexibility index (Phi) is 4.52. The summed E-state index contributed by atoms with van der Waals surface area (Å²) in [6, 6.07) is 15.3. The molecule has 120 valence electrons. The van der Waals surface area contributed by atoms with Gasteiger partial charge < -0.3 is 5.32 Å². The van der Waals surface area contributed by atoms with Crippen molar-refractivity contribution in [1.82, 2.24) is 9.78 Å². The molecule has 0 saturated heterocycles. The standard InChI is InChI=1S/C17H11BrFN3O2/c18-11-5-1-3-7-13(11)20-17(24)14-9-10-16(23)22(21-14)15-8-4-2-6-12(15)19/h1-10H,(H,20,24). The lowest BCUT2D eigenvalue weighted by Crippen LogP contribution is -2.25. The number of amides is 1. The fourth-order valence-corrected chi connectivity index (χ4v) is 2.46. The van der Waals surface area contributed by atoms with Crippen molar-refractivity contribution in [1.29, 1.82) is 0 Å². The third kappa shape index (κ3) is 3.26. The second kappa shape index (κ2) is 6.76. The lowest BCUT2D eigenvalue weighted by Gasteiger charge is -2.09. The van der Waals surface area contributed by atoms with Gasteiger partial charge in [0.15, 0.2) is 0 Å². The predicted molar refractivity (Wildman–Crippen MR) is 91.9 cm³/mol. The molecule has 5 nitrogen and oxygen atoms in total. The number of anilines is 1. The summed E-state index contributed by atoms with van der Waals surface area (Å²) in [5, 5.41) is 6.65. The zero-order chi connectivity index (χ0) is 17.1. The highest BCUT2D eigenvalue weighted by Crippen LogP contribution is 2.21. The van der Waals surface area contributed by atoms with Crippen molar-refractivity contribution < 1.29 is 9.18 Å². The lowest BCUT2D eigenvalue weighted by atomic mass is 10.3. The smallest absolute Gasteiger partial charge is 0.276 e. The van der Waals surface area contributed by atoms with Gasteiger partial charge in [0, 0.05) is 10.5 Å². The summed E-state index contributed by atoms with van der Waals surface area (Å²) in [6.07, 6.45) is 0. The van der Waals surface area contributed by atoms with Gasteiger partial charge in [-0.05, 0) is 46.3 Å². The number of halogens is 2. The Balaban J connectivity index is 1.97. The number of hydrogen-bond acceptors (Lipinski definition) is 3. The van der Waals surface area contributed by atoms with E-state index in [9.17, 15) is 14.0 Å². The zero-order valence-electron chi connectivity index (χ0n) is 12.2. The van der Waals surface area contributed by atoms with Gasteiger partial charge in [-0.3, -0.25) is 9.59 Å². The molecule has 0 radical (unpaired) electrons. The number of hydrogen-bond donors (Lipinski definition) is 1. The summed E-state index contributed by atoms with van der Waals surface area (Å²) < 4.78 is 15.5. The van der Waals surface area contributed by atoms with Gasteiger partial charge in [-0.15, -0.1) is 0 Å². The summed E-state index contributed by atoms with van der Waals surface area (Å²) in [5.74, 6) is -1.11.